The number of hydrogen-bond donors (Lipinski definition) is 0. The first-order chi connectivity index (χ1) is 12.0. The van der Waals surface area contributed by atoms with Crippen molar-refractivity contribution in [2.24, 2.45) is 0 Å². The van der Waals surface area contributed by atoms with Crippen molar-refractivity contribution < 1.29 is 14.1 Å². The van der Waals surface area contributed by atoms with E-state index in [-0.39, 0.29) is 10.9 Å². The maximum absolute atomic E-state index is 12.4. The summed E-state index contributed by atoms with van der Waals surface area (Å²) in [4.78, 5) is 26.0. The van der Waals surface area contributed by atoms with Crippen LogP contribution in [0.1, 0.15) is 43.2 Å². The minimum Gasteiger partial charge on any atom is -0.417 e. The smallest absolute Gasteiger partial charge is 0.296 e. The van der Waals surface area contributed by atoms with Gasteiger partial charge in [-0.05, 0) is 30.8 Å². The van der Waals surface area contributed by atoms with Gasteiger partial charge in [-0.1, -0.05) is 44.7 Å². The Kier molecular flexibility index (Phi) is 8.46. The Morgan fingerprint density at radius 3 is 2.58 bits per heavy atom. The first kappa shape index (κ1) is 22.8. The van der Waals surface area contributed by atoms with E-state index in [1.54, 1.807) is 13.2 Å². The number of hydroxylamine groups is 2. The second kappa shape index (κ2) is 9.64. The number of rotatable bonds is 8. The van der Waals surface area contributed by atoms with Gasteiger partial charge in [0.2, 0.25) is 0 Å². The lowest BCUT2D eigenvalue weighted by molar-refractivity contribution is -0.0761. The third-order valence-electron chi connectivity index (χ3n) is 4.59. The number of thioether (sulfide) groups is 1. The van der Waals surface area contributed by atoms with E-state index in [2.05, 4.69) is 43.8 Å². The minimum atomic E-state index is -1.73. The van der Waals surface area contributed by atoms with Gasteiger partial charge in [0.05, 0.1) is 7.11 Å². The Balaban J connectivity index is 2.83. The van der Waals surface area contributed by atoms with Crippen molar-refractivity contribution in [3.63, 3.8) is 0 Å². The first-order valence-corrected chi connectivity index (χ1v) is 12.7. The molecule has 0 aromatic carbocycles. The molecule has 8 heteroatoms. The number of aromatic nitrogens is 2. The molecular weight excluding hydrogens is 366 g/mol. The fraction of sp³-hybridized carbons (Fsp3) is 0.611. The number of carbonyl (C=O) groups excluding carboxylic acids is 1. The molecule has 26 heavy (non-hydrogen) atoms. The molecule has 0 unspecified atom stereocenters. The molecule has 1 heterocycles. The molecule has 0 aliphatic carbocycles. The molecule has 1 aromatic rings. The van der Waals surface area contributed by atoms with E-state index >= 15 is 0 Å². The van der Waals surface area contributed by atoms with Crippen LogP contribution in [0.15, 0.2) is 17.4 Å². The Morgan fingerprint density at radius 1 is 1.38 bits per heavy atom. The highest BCUT2D eigenvalue weighted by Crippen LogP contribution is 2.36. The average molecular weight is 398 g/mol. The van der Waals surface area contributed by atoms with Crippen LogP contribution in [0.25, 0.3) is 6.08 Å². The maximum Gasteiger partial charge on any atom is 0.296 e. The molecule has 0 atom stereocenters. The second-order valence-electron chi connectivity index (χ2n) is 7.45. The fourth-order valence-corrected chi connectivity index (χ4v) is 3.21. The van der Waals surface area contributed by atoms with E-state index in [1.807, 2.05) is 18.4 Å². The molecule has 0 spiro atoms. The molecule has 1 amide bonds. The SMILES string of the molecule is CON(C)C(=O)c1nc(SC)ncc1/C=C/CCO[Si](C)(C)C(C)(C)C. The normalized spacial score (nSPS) is 12.6. The van der Waals surface area contributed by atoms with Crippen LogP contribution in [0.5, 0.6) is 0 Å². The molecule has 0 fully saturated rings. The summed E-state index contributed by atoms with van der Waals surface area (Å²) in [5, 5.41) is 1.91. The molecule has 0 N–H and O–H groups in total. The molecule has 0 aliphatic heterocycles. The average Bonchev–Trinajstić information content (AvgIpc) is 2.59. The van der Waals surface area contributed by atoms with Crippen LogP contribution in [-0.2, 0) is 9.26 Å². The molecule has 6 nitrogen and oxygen atoms in total. The highest BCUT2D eigenvalue weighted by atomic mass is 32.2. The largest absolute Gasteiger partial charge is 0.417 e. The lowest BCUT2D eigenvalue weighted by atomic mass is 10.2. The number of nitrogens with zero attached hydrogens (tertiary/aromatic N) is 3. The molecule has 0 aliphatic rings. The van der Waals surface area contributed by atoms with Gasteiger partial charge in [0, 0.05) is 25.4 Å². The lowest BCUT2D eigenvalue weighted by Crippen LogP contribution is -2.40. The lowest BCUT2D eigenvalue weighted by Gasteiger charge is -2.36. The van der Waals surface area contributed by atoms with E-state index in [4.69, 9.17) is 9.26 Å². The summed E-state index contributed by atoms with van der Waals surface area (Å²) in [5.74, 6) is -0.303. The molecule has 0 saturated heterocycles. The van der Waals surface area contributed by atoms with Gasteiger partial charge in [-0.25, -0.2) is 15.0 Å². The summed E-state index contributed by atoms with van der Waals surface area (Å²) in [7, 11) is 1.27. The van der Waals surface area contributed by atoms with E-state index < -0.39 is 8.32 Å². The summed E-state index contributed by atoms with van der Waals surface area (Å²) in [5.41, 5.74) is 0.999. The Labute approximate surface area is 162 Å². The summed E-state index contributed by atoms with van der Waals surface area (Å²) in [6, 6.07) is 0. The van der Waals surface area contributed by atoms with E-state index in [0.717, 1.165) is 11.5 Å². The highest BCUT2D eigenvalue weighted by molar-refractivity contribution is 7.98. The van der Waals surface area contributed by atoms with Crippen molar-refractivity contribution in [1.82, 2.24) is 15.0 Å². The van der Waals surface area contributed by atoms with Crippen molar-refractivity contribution in [2.75, 3.05) is 27.0 Å². The molecule has 0 saturated carbocycles. The van der Waals surface area contributed by atoms with Gasteiger partial charge < -0.3 is 4.43 Å². The van der Waals surface area contributed by atoms with Gasteiger partial charge in [0.25, 0.3) is 5.91 Å². The summed E-state index contributed by atoms with van der Waals surface area (Å²) in [6.45, 7) is 11.8. The molecule has 0 bridgehead atoms. The van der Waals surface area contributed by atoms with E-state index in [9.17, 15) is 4.79 Å². The standard InChI is InChI=1S/C18H31N3O3SSi/c1-18(2,3)26(7,8)24-12-10-9-11-14-13-19-17(25-6)20-15(14)16(22)21(4)23-5/h9,11,13H,10,12H2,1-8H3/b11-9+. The van der Waals surface area contributed by atoms with Crippen LogP contribution in [0.4, 0.5) is 0 Å². The zero-order chi connectivity index (χ0) is 20.0. The third-order valence-corrected chi connectivity index (χ3v) is 9.69. The minimum absolute atomic E-state index is 0.197. The Morgan fingerprint density at radius 2 is 2.04 bits per heavy atom. The van der Waals surface area contributed by atoms with Crippen molar-refractivity contribution in [3.05, 3.63) is 23.5 Å². The summed E-state index contributed by atoms with van der Waals surface area (Å²) in [6.07, 6.45) is 8.17. The van der Waals surface area contributed by atoms with Crippen molar-refractivity contribution in [2.45, 2.75) is 50.5 Å². The monoisotopic (exact) mass is 397 g/mol. The van der Waals surface area contributed by atoms with Crippen LogP contribution in [0.3, 0.4) is 0 Å². The van der Waals surface area contributed by atoms with E-state index in [0.29, 0.717) is 23.0 Å². The fourth-order valence-electron chi connectivity index (χ4n) is 1.81. The first-order valence-electron chi connectivity index (χ1n) is 8.57. The predicted octanol–water partition coefficient (Wildman–Crippen LogP) is 4.26. The second-order valence-corrected chi connectivity index (χ2v) is 13.0. The quantitative estimate of drug-likeness (QED) is 0.215. The van der Waals surface area contributed by atoms with Gasteiger partial charge in [-0.15, -0.1) is 0 Å². The summed E-state index contributed by atoms with van der Waals surface area (Å²) >= 11 is 1.39. The molecule has 0 radical (unpaired) electrons. The van der Waals surface area contributed by atoms with Crippen molar-refractivity contribution >= 4 is 32.1 Å². The van der Waals surface area contributed by atoms with Crippen molar-refractivity contribution in [1.29, 1.82) is 0 Å². The van der Waals surface area contributed by atoms with Gasteiger partial charge in [0.1, 0.15) is 5.69 Å². The highest BCUT2D eigenvalue weighted by Gasteiger charge is 2.36. The van der Waals surface area contributed by atoms with Gasteiger partial charge in [-0.2, -0.15) is 0 Å². The molecule has 146 valence electrons. The number of carbonyl (C=O) groups is 1. The van der Waals surface area contributed by atoms with Crippen molar-refractivity contribution in [3.8, 4) is 0 Å². The maximum atomic E-state index is 12.4. The predicted molar refractivity (Wildman–Crippen MR) is 110 cm³/mol. The molecule has 1 rings (SSSR count). The van der Waals surface area contributed by atoms with Crippen LogP contribution in [0, 0.1) is 0 Å². The molecular formula is C18H31N3O3SSi. The van der Waals surface area contributed by atoms with Gasteiger partial charge >= 0.3 is 0 Å². The van der Waals surface area contributed by atoms with Gasteiger partial charge in [0.15, 0.2) is 13.5 Å². The van der Waals surface area contributed by atoms with Crippen LogP contribution in [0.2, 0.25) is 18.1 Å². The zero-order valence-corrected chi connectivity index (χ0v) is 18.9. The van der Waals surface area contributed by atoms with E-state index in [1.165, 1.54) is 18.9 Å². The van der Waals surface area contributed by atoms with Crippen LogP contribution < -0.4 is 0 Å². The van der Waals surface area contributed by atoms with Crippen LogP contribution >= 0.6 is 11.8 Å². The molecule has 1 aromatic heterocycles. The topological polar surface area (TPSA) is 64.5 Å². The van der Waals surface area contributed by atoms with Gasteiger partial charge in [-0.3, -0.25) is 9.63 Å². The Bertz CT molecular complexity index is 645. The summed E-state index contributed by atoms with van der Waals surface area (Å²) < 4.78 is 6.16. The number of amides is 1. The number of hydrogen-bond acceptors (Lipinski definition) is 6. The Hall–Kier alpha value is -1.22. The zero-order valence-electron chi connectivity index (χ0n) is 17.1. The third kappa shape index (κ3) is 6.19. The van der Waals surface area contributed by atoms with Crippen LogP contribution in [-0.4, -0.2) is 56.3 Å².